The molecule has 4 heteroatoms. The van der Waals surface area contributed by atoms with E-state index in [1.54, 1.807) is 0 Å². The highest BCUT2D eigenvalue weighted by Crippen LogP contribution is 2.06. The van der Waals surface area contributed by atoms with Gasteiger partial charge in [-0.05, 0) is 28.8 Å². The van der Waals surface area contributed by atoms with E-state index in [1.807, 2.05) is 26.8 Å². The van der Waals surface area contributed by atoms with Gasteiger partial charge in [0.2, 0.25) is 0 Å². The summed E-state index contributed by atoms with van der Waals surface area (Å²) in [6.07, 6.45) is 5.47. The quantitative estimate of drug-likeness (QED) is 0.462. The first kappa shape index (κ1) is 11.6. The lowest BCUT2D eigenvalue weighted by atomic mass is 10.3. The Balaban J connectivity index is 0.000000671. The number of aliphatic imine (C=N–C) groups is 1. The summed E-state index contributed by atoms with van der Waals surface area (Å²) in [7, 11) is 0. The molecule has 1 heterocycles. The van der Waals surface area contributed by atoms with Crippen molar-refractivity contribution in [2.24, 2.45) is 4.99 Å². The number of hydrogen-bond donors (Lipinski definition) is 0. The molecule has 0 spiro atoms. The number of hydrogen-bond acceptors (Lipinski definition) is 3. The summed E-state index contributed by atoms with van der Waals surface area (Å²) in [6, 6.07) is 0. The van der Waals surface area contributed by atoms with E-state index in [0.29, 0.717) is 6.42 Å². The van der Waals surface area contributed by atoms with E-state index < -0.39 is 4.92 Å². The van der Waals surface area contributed by atoms with Gasteiger partial charge in [0.1, 0.15) is 6.21 Å². The molecule has 1 rings (SSSR count). The van der Waals surface area contributed by atoms with Gasteiger partial charge in [-0.3, -0.25) is 0 Å². The first-order valence-corrected chi connectivity index (χ1v) is 4.25. The molecule has 0 radical (unpaired) electrons. The molecule has 0 aromatic heterocycles. The van der Waals surface area contributed by atoms with Crippen molar-refractivity contribution in [2.75, 3.05) is 0 Å². The van der Waals surface area contributed by atoms with E-state index in [1.165, 1.54) is 12.3 Å². The molecule has 0 unspecified atom stereocenters. The van der Waals surface area contributed by atoms with E-state index in [0.717, 1.165) is 5.57 Å². The van der Waals surface area contributed by atoms with Crippen LogP contribution < -0.4 is 0 Å². The molecular weight excluding hydrogens is 168 g/mol. The highest BCUT2D eigenvalue weighted by molar-refractivity contribution is 5.78. The van der Waals surface area contributed by atoms with Crippen molar-refractivity contribution < 1.29 is 4.92 Å². The molecule has 72 valence electrons. The molecular formula is C9H14N2O2. The smallest absolute Gasteiger partial charge is 0.358 e. The molecule has 0 aromatic rings. The van der Waals surface area contributed by atoms with Crippen LogP contribution in [0.3, 0.4) is 0 Å². The minimum atomic E-state index is -0.483. The SMILES string of the molecule is CC.CC1=CCC=C([N+](=O)[O-])N=C1. The van der Waals surface area contributed by atoms with Crippen LogP contribution in [0.4, 0.5) is 0 Å². The van der Waals surface area contributed by atoms with E-state index >= 15 is 0 Å². The molecule has 0 atom stereocenters. The monoisotopic (exact) mass is 182 g/mol. The molecule has 1 aliphatic heterocycles. The van der Waals surface area contributed by atoms with Gasteiger partial charge in [0.15, 0.2) is 0 Å². The van der Waals surface area contributed by atoms with Gasteiger partial charge in [0, 0.05) is 6.08 Å². The fourth-order valence-corrected chi connectivity index (χ4v) is 0.745. The number of nitrogens with zero attached hydrogens (tertiary/aromatic N) is 2. The summed E-state index contributed by atoms with van der Waals surface area (Å²) in [6.45, 7) is 5.86. The van der Waals surface area contributed by atoms with Gasteiger partial charge in [0.05, 0.1) is 0 Å². The van der Waals surface area contributed by atoms with Gasteiger partial charge in [-0.1, -0.05) is 19.9 Å². The van der Waals surface area contributed by atoms with Gasteiger partial charge in [-0.25, -0.2) is 0 Å². The molecule has 0 aliphatic carbocycles. The zero-order valence-electron chi connectivity index (χ0n) is 8.15. The number of nitro groups is 1. The van der Waals surface area contributed by atoms with Crippen molar-refractivity contribution in [1.82, 2.24) is 0 Å². The van der Waals surface area contributed by atoms with E-state index in [-0.39, 0.29) is 5.82 Å². The third-order valence-electron chi connectivity index (χ3n) is 1.33. The first-order chi connectivity index (χ1) is 6.20. The molecule has 0 fully saturated rings. The van der Waals surface area contributed by atoms with Crippen molar-refractivity contribution in [2.45, 2.75) is 27.2 Å². The van der Waals surface area contributed by atoms with Gasteiger partial charge < -0.3 is 10.1 Å². The van der Waals surface area contributed by atoms with E-state index in [9.17, 15) is 10.1 Å². The summed E-state index contributed by atoms with van der Waals surface area (Å²) in [5.41, 5.74) is 0.957. The van der Waals surface area contributed by atoms with Gasteiger partial charge in [-0.2, -0.15) is 0 Å². The zero-order valence-corrected chi connectivity index (χ0v) is 8.15. The molecule has 13 heavy (non-hydrogen) atoms. The number of allylic oxidation sites excluding steroid dienone is 3. The van der Waals surface area contributed by atoms with E-state index in [4.69, 9.17) is 0 Å². The van der Waals surface area contributed by atoms with Gasteiger partial charge in [0.25, 0.3) is 0 Å². The third-order valence-corrected chi connectivity index (χ3v) is 1.33. The molecule has 4 nitrogen and oxygen atoms in total. The lowest BCUT2D eigenvalue weighted by Crippen LogP contribution is -1.94. The maximum Gasteiger partial charge on any atom is 0.359 e. The summed E-state index contributed by atoms with van der Waals surface area (Å²) >= 11 is 0. The minimum Gasteiger partial charge on any atom is -0.358 e. The van der Waals surface area contributed by atoms with Crippen LogP contribution in [0.25, 0.3) is 0 Å². The fourth-order valence-electron chi connectivity index (χ4n) is 0.745. The van der Waals surface area contributed by atoms with Crippen molar-refractivity contribution in [3.05, 3.63) is 33.7 Å². The molecule has 0 bridgehead atoms. The minimum absolute atomic E-state index is 0.0712. The van der Waals surface area contributed by atoms with Crippen molar-refractivity contribution >= 4 is 6.21 Å². The van der Waals surface area contributed by atoms with Gasteiger partial charge >= 0.3 is 5.82 Å². The fraction of sp³-hybridized carbons (Fsp3) is 0.444. The Morgan fingerprint density at radius 1 is 1.46 bits per heavy atom. The molecule has 1 aliphatic rings. The first-order valence-electron chi connectivity index (χ1n) is 4.25. The van der Waals surface area contributed by atoms with Crippen LogP contribution in [-0.2, 0) is 0 Å². The standard InChI is InChI=1S/C7H8N2O2.C2H6/c1-6-3-2-4-7(8-5-6)9(10)11;1-2/h3-5H,2H2,1H3;1-2H3. The predicted octanol–water partition coefficient (Wildman–Crippen LogP) is 2.55. The van der Waals surface area contributed by atoms with Gasteiger partial charge in [-0.15, -0.1) is 0 Å². The Bertz CT molecular complexity index is 265. The van der Waals surface area contributed by atoms with Crippen LogP contribution in [0.15, 0.2) is 28.5 Å². The Kier molecular flexibility index (Phi) is 5.43. The second-order valence-corrected chi connectivity index (χ2v) is 2.26. The van der Waals surface area contributed by atoms with Crippen LogP contribution in [0, 0.1) is 10.1 Å². The highest BCUT2D eigenvalue weighted by atomic mass is 16.6. The topological polar surface area (TPSA) is 55.5 Å². The summed E-state index contributed by atoms with van der Waals surface area (Å²) in [5, 5.41) is 10.2. The third kappa shape index (κ3) is 4.20. The highest BCUT2D eigenvalue weighted by Gasteiger charge is 2.07. The summed E-state index contributed by atoms with van der Waals surface area (Å²) < 4.78 is 0. The summed E-state index contributed by atoms with van der Waals surface area (Å²) in [4.78, 5) is 13.4. The Morgan fingerprint density at radius 3 is 2.62 bits per heavy atom. The normalized spacial score (nSPS) is 14.7. The van der Waals surface area contributed by atoms with Crippen LogP contribution in [0.5, 0.6) is 0 Å². The second kappa shape index (κ2) is 6.11. The molecule has 0 N–H and O–H groups in total. The lowest BCUT2D eigenvalue weighted by molar-refractivity contribution is -0.426. The maximum atomic E-state index is 10.2. The molecule has 0 aromatic carbocycles. The maximum absolute atomic E-state index is 10.2. The molecule has 0 saturated heterocycles. The number of rotatable bonds is 1. The largest absolute Gasteiger partial charge is 0.359 e. The summed E-state index contributed by atoms with van der Waals surface area (Å²) in [5.74, 6) is -0.0712. The Labute approximate surface area is 77.8 Å². The Hall–Kier alpha value is -1.45. The zero-order chi connectivity index (χ0) is 10.3. The Morgan fingerprint density at radius 2 is 2.08 bits per heavy atom. The van der Waals surface area contributed by atoms with Crippen molar-refractivity contribution in [3.8, 4) is 0 Å². The van der Waals surface area contributed by atoms with E-state index in [2.05, 4.69) is 4.99 Å². The van der Waals surface area contributed by atoms with Crippen LogP contribution in [-0.4, -0.2) is 11.1 Å². The molecule has 0 amide bonds. The van der Waals surface area contributed by atoms with Crippen molar-refractivity contribution in [1.29, 1.82) is 0 Å². The predicted molar refractivity (Wildman–Crippen MR) is 53.3 cm³/mol. The average molecular weight is 182 g/mol. The average Bonchev–Trinajstić information content (AvgIpc) is 2.33. The van der Waals surface area contributed by atoms with Crippen molar-refractivity contribution in [3.63, 3.8) is 0 Å². The second-order valence-electron chi connectivity index (χ2n) is 2.26. The molecule has 0 saturated carbocycles. The lowest BCUT2D eigenvalue weighted by Gasteiger charge is -1.88. The van der Waals surface area contributed by atoms with Crippen LogP contribution >= 0.6 is 0 Å². The van der Waals surface area contributed by atoms with Crippen LogP contribution in [0.2, 0.25) is 0 Å². The van der Waals surface area contributed by atoms with Crippen LogP contribution in [0.1, 0.15) is 27.2 Å².